The Morgan fingerprint density at radius 3 is 2.26 bits per heavy atom. The van der Waals surface area contributed by atoms with Crippen LogP contribution in [0.1, 0.15) is 19.4 Å². The zero-order chi connectivity index (χ0) is 16.4. The van der Waals surface area contributed by atoms with Gasteiger partial charge in [0.25, 0.3) is 6.17 Å². The van der Waals surface area contributed by atoms with E-state index in [-0.39, 0.29) is 10.9 Å². The third-order valence-electron chi connectivity index (χ3n) is 3.76. The molecule has 0 bridgehead atoms. The first kappa shape index (κ1) is 16.0. The van der Waals surface area contributed by atoms with Gasteiger partial charge in [-0.1, -0.05) is 60.4 Å². The normalized spacial score (nSPS) is 20.8. The number of hydrogen-bond acceptors (Lipinski definition) is 3. The van der Waals surface area contributed by atoms with Crippen molar-refractivity contribution in [2.24, 2.45) is 0 Å². The van der Waals surface area contributed by atoms with E-state index in [2.05, 4.69) is 13.8 Å². The summed E-state index contributed by atoms with van der Waals surface area (Å²) in [6.07, 6.45) is 1.25. The molecule has 0 radical (unpaired) electrons. The Balaban J connectivity index is 2.02. The first-order chi connectivity index (χ1) is 11.0. The Kier molecular flexibility index (Phi) is 4.41. The molecule has 1 atom stereocenters. The highest BCUT2D eigenvalue weighted by atomic mass is 32.2. The van der Waals surface area contributed by atoms with E-state index in [0.717, 1.165) is 20.3 Å². The van der Waals surface area contributed by atoms with Gasteiger partial charge in [0, 0.05) is 11.3 Å². The second-order valence-corrected chi connectivity index (χ2v) is 8.24. The monoisotopic (exact) mass is 342 g/mol. The zero-order valence-electron chi connectivity index (χ0n) is 13.0. The quantitative estimate of drug-likeness (QED) is 0.274. The molecule has 1 aliphatic rings. The molecule has 1 saturated heterocycles. The maximum Gasteiger partial charge on any atom is 0.258 e. The van der Waals surface area contributed by atoms with Crippen LogP contribution in [0.15, 0.2) is 60.7 Å². The Hall–Kier alpha value is -1.85. The van der Waals surface area contributed by atoms with E-state index in [1.165, 1.54) is 0 Å². The summed E-state index contributed by atoms with van der Waals surface area (Å²) < 4.78 is 1.45. The van der Waals surface area contributed by atoms with Crippen LogP contribution < -0.4 is 4.90 Å². The van der Waals surface area contributed by atoms with E-state index in [4.69, 9.17) is 12.2 Å². The second-order valence-electron chi connectivity index (χ2n) is 5.95. The molecule has 118 valence electrons. The van der Waals surface area contributed by atoms with E-state index in [1.807, 2.05) is 65.6 Å². The van der Waals surface area contributed by atoms with Crippen LogP contribution in [0.5, 0.6) is 0 Å². The van der Waals surface area contributed by atoms with Gasteiger partial charge in [-0.25, -0.2) is 0 Å². The molecule has 0 spiro atoms. The van der Waals surface area contributed by atoms with Gasteiger partial charge in [-0.05, 0) is 38.1 Å². The number of anilines is 1. The first-order valence-electron chi connectivity index (χ1n) is 7.42. The van der Waals surface area contributed by atoms with Gasteiger partial charge < -0.3 is 5.21 Å². The number of thiocarbonyl (C=S) groups is 1. The van der Waals surface area contributed by atoms with Gasteiger partial charge in [-0.15, -0.1) is 0 Å². The van der Waals surface area contributed by atoms with E-state index in [9.17, 15) is 5.21 Å². The molecular weight excluding hydrogens is 324 g/mol. The lowest BCUT2D eigenvalue weighted by Crippen LogP contribution is -2.48. The van der Waals surface area contributed by atoms with E-state index in [0.29, 0.717) is 0 Å². The molecule has 0 N–H and O–H groups in total. The number of nitrogens with zero attached hydrogens (tertiary/aromatic N) is 2. The standard InChI is InChI=1S/C18H18N2OS2/c1-18(2)16(19(21)13-14-9-5-3-6-10-14)20(17(22)23-18)15-11-7-4-8-12-15/h3-13,16H,1-2H3/b19-13-/t16-/m0/s1. The molecule has 2 aromatic carbocycles. The summed E-state index contributed by atoms with van der Waals surface area (Å²) in [7, 11) is 0. The molecule has 5 heteroatoms. The SMILES string of the molecule is CC1(C)SC(=S)N(c2ccccc2)[C@@H]1/[N+]([O-])=C/c1ccccc1. The van der Waals surface area contributed by atoms with Crippen molar-refractivity contribution >= 4 is 40.2 Å². The van der Waals surface area contributed by atoms with Gasteiger partial charge >= 0.3 is 0 Å². The third-order valence-corrected chi connectivity index (χ3v) is 5.32. The van der Waals surface area contributed by atoms with Gasteiger partial charge in [0.2, 0.25) is 0 Å². The molecule has 0 unspecified atom stereocenters. The fraction of sp³-hybridized carbons (Fsp3) is 0.222. The highest BCUT2D eigenvalue weighted by molar-refractivity contribution is 8.24. The van der Waals surface area contributed by atoms with E-state index >= 15 is 0 Å². The summed E-state index contributed by atoms with van der Waals surface area (Å²) in [6.45, 7) is 4.11. The summed E-state index contributed by atoms with van der Waals surface area (Å²) in [4.78, 5) is 1.95. The predicted molar refractivity (Wildman–Crippen MR) is 102 cm³/mol. The van der Waals surface area contributed by atoms with Crippen LogP contribution in [-0.2, 0) is 0 Å². The summed E-state index contributed by atoms with van der Waals surface area (Å²) in [5.41, 5.74) is 1.83. The van der Waals surface area contributed by atoms with Crippen molar-refractivity contribution in [2.45, 2.75) is 24.8 Å². The minimum absolute atomic E-state index is 0.306. The lowest BCUT2D eigenvalue weighted by molar-refractivity contribution is -0.497. The van der Waals surface area contributed by atoms with Crippen LogP contribution in [0.2, 0.25) is 0 Å². The van der Waals surface area contributed by atoms with Gasteiger partial charge in [-0.3, -0.25) is 4.90 Å². The van der Waals surface area contributed by atoms with Gasteiger partial charge in [0.1, 0.15) is 9.07 Å². The molecule has 0 aliphatic carbocycles. The highest BCUT2D eigenvalue weighted by Gasteiger charge is 2.51. The smallest absolute Gasteiger partial charge is 0.258 e. The average Bonchev–Trinajstić information content (AvgIpc) is 2.78. The number of hydroxylamine groups is 1. The highest BCUT2D eigenvalue weighted by Crippen LogP contribution is 2.43. The summed E-state index contributed by atoms with van der Waals surface area (Å²) in [6, 6.07) is 19.5. The first-order valence-corrected chi connectivity index (χ1v) is 8.64. The number of hydrogen-bond donors (Lipinski definition) is 0. The summed E-state index contributed by atoms with van der Waals surface area (Å²) >= 11 is 7.11. The second kappa shape index (κ2) is 6.34. The van der Waals surface area contributed by atoms with E-state index < -0.39 is 0 Å². The van der Waals surface area contributed by atoms with Crippen LogP contribution in [0, 0.1) is 5.21 Å². The van der Waals surface area contributed by atoms with Crippen molar-refractivity contribution in [1.29, 1.82) is 0 Å². The Bertz CT molecular complexity index is 729. The molecule has 1 heterocycles. The van der Waals surface area contributed by atoms with Gasteiger partial charge in [-0.2, -0.15) is 4.74 Å². The van der Waals surface area contributed by atoms with Gasteiger partial charge in [0.05, 0.1) is 0 Å². The van der Waals surface area contributed by atoms with Crippen molar-refractivity contribution in [3.8, 4) is 0 Å². The Morgan fingerprint density at radius 1 is 1.09 bits per heavy atom. The third kappa shape index (κ3) is 3.26. The fourth-order valence-electron chi connectivity index (χ4n) is 2.75. The van der Waals surface area contributed by atoms with Crippen molar-refractivity contribution in [2.75, 3.05) is 4.90 Å². The number of rotatable bonds is 3. The van der Waals surface area contributed by atoms with E-state index in [1.54, 1.807) is 18.0 Å². The van der Waals surface area contributed by atoms with Crippen LogP contribution in [-0.4, -0.2) is 26.2 Å². The molecular formula is C18H18N2OS2. The fourth-order valence-corrected chi connectivity index (χ4v) is 4.67. The van der Waals surface area contributed by atoms with Crippen molar-refractivity contribution in [3.05, 3.63) is 71.4 Å². The minimum atomic E-state index is -0.386. The molecule has 2 aromatic rings. The van der Waals surface area contributed by atoms with Crippen LogP contribution in [0.25, 0.3) is 0 Å². The average molecular weight is 342 g/mol. The largest absolute Gasteiger partial charge is 0.622 e. The molecule has 0 saturated carbocycles. The van der Waals surface area contributed by atoms with Crippen molar-refractivity contribution in [3.63, 3.8) is 0 Å². The predicted octanol–water partition coefficient (Wildman–Crippen LogP) is 4.26. The zero-order valence-corrected chi connectivity index (χ0v) is 14.7. The van der Waals surface area contributed by atoms with Crippen molar-refractivity contribution in [1.82, 2.24) is 0 Å². The maximum absolute atomic E-state index is 12.9. The van der Waals surface area contributed by atoms with Gasteiger partial charge in [0.15, 0.2) is 6.21 Å². The molecule has 3 nitrogen and oxygen atoms in total. The van der Waals surface area contributed by atoms with Crippen molar-refractivity contribution < 1.29 is 4.74 Å². The molecule has 3 rings (SSSR count). The lowest BCUT2D eigenvalue weighted by Gasteiger charge is -2.29. The summed E-state index contributed by atoms with van der Waals surface area (Å²) in [5.74, 6) is 0. The minimum Gasteiger partial charge on any atom is -0.622 e. The van der Waals surface area contributed by atoms with Crippen LogP contribution >= 0.6 is 24.0 Å². The van der Waals surface area contributed by atoms with Crippen LogP contribution in [0.3, 0.4) is 0 Å². The Morgan fingerprint density at radius 2 is 1.65 bits per heavy atom. The molecule has 1 fully saturated rings. The summed E-state index contributed by atoms with van der Waals surface area (Å²) in [5, 5.41) is 12.9. The molecule has 1 aliphatic heterocycles. The number of benzene rings is 2. The number of para-hydroxylation sites is 1. The molecule has 0 aromatic heterocycles. The van der Waals surface area contributed by atoms with Crippen LogP contribution in [0.4, 0.5) is 5.69 Å². The maximum atomic E-state index is 12.9. The topological polar surface area (TPSA) is 29.3 Å². The Labute approximate surface area is 146 Å². The lowest BCUT2D eigenvalue weighted by atomic mass is 10.1. The number of thioether (sulfide) groups is 1. The molecule has 23 heavy (non-hydrogen) atoms. The molecule has 0 amide bonds.